The molecule has 0 unspecified atom stereocenters. The molecule has 0 aromatic heterocycles. The van der Waals surface area contributed by atoms with E-state index < -0.39 is 15.8 Å². The van der Waals surface area contributed by atoms with E-state index in [0.29, 0.717) is 0 Å². The molecule has 1 saturated carbocycles. The fourth-order valence-electron chi connectivity index (χ4n) is 1.08. The van der Waals surface area contributed by atoms with Gasteiger partial charge in [-0.25, -0.2) is 0 Å². The van der Waals surface area contributed by atoms with Gasteiger partial charge < -0.3 is 5.11 Å². The fourth-order valence-corrected chi connectivity index (χ4v) is 1.08. The summed E-state index contributed by atoms with van der Waals surface area (Å²) >= 11 is -3.44. The van der Waals surface area contributed by atoms with E-state index in [-0.39, 0.29) is 6.10 Å². The number of rotatable bonds is 0. The molecule has 0 heterocycles. The first-order valence-electron chi connectivity index (χ1n) is 3.66. The van der Waals surface area contributed by atoms with E-state index in [0.717, 1.165) is 12.8 Å². The summed E-state index contributed by atoms with van der Waals surface area (Å²) in [5, 5.41) is 8.91. The Balaban J connectivity index is 0.000000218. The van der Waals surface area contributed by atoms with Crippen LogP contribution in [0.4, 0.5) is 0 Å². The van der Waals surface area contributed by atoms with Crippen LogP contribution in [0.3, 0.4) is 0 Å². The molecule has 0 radical (unpaired) electrons. The second-order valence-corrected chi connectivity index (χ2v) is 3.33. The molecule has 1 aliphatic carbocycles. The number of hydrogen-bond acceptors (Lipinski definition) is 2. The van der Waals surface area contributed by atoms with Crippen LogP contribution in [-0.2, 0) is 19.5 Å². The summed E-state index contributed by atoms with van der Waals surface area (Å²) in [6.07, 6.45) is 5.92. The third-order valence-corrected chi connectivity index (χ3v) is 1.57. The van der Waals surface area contributed by atoms with Gasteiger partial charge in [-0.3, -0.25) is 0 Å². The summed E-state index contributed by atoms with van der Waals surface area (Å²) in [5.74, 6) is 0. The van der Waals surface area contributed by atoms with Gasteiger partial charge in [0.25, 0.3) is 0 Å². The van der Waals surface area contributed by atoms with Crippen molar-refractivity contribution in [2.75, 3.05) is 0 Å². The summed E-state index contributed by atoms with van der Waals surface area (Å²) in [6.45, 7) is 0. The maximum absolute atomic E-state index is 8.91. The van der Waals surface area contributed by atoms with Crippen molar-refractivity contribution >= 4 is 0 Å². The first kappa shape index (κ1) is 11.3. The van der Waals surface area contributed by atoms with Gasteiger partial charge in [0, 0.05) is 0 Å². The molecule has 0 spiro atoms. The molecule has 0 amide bonds. The van der Waals surface area contributed by atoms with Gasteiger partial charge in [0.05, 0.1) is 6.10 Å². The van der Waals surface area contributed by atoms with E-state index in [1.165, 1.54) is 19.3 Å². The molecule has 3 N–H and O–H groups in total. The number of aliphatic hydroxyl groups is 1. The van der Waals surface area contributed by atoms with Crippen LogP contribution in [0.5, 0.6) is 0 Å². The first-order chi connectivity index (χ1) is 5.13. The van der Waals surface area contributed by atoms with Gasteiger partial charge in [0.1, 0.15) is 0 Å². The zero-order chi connectivity index (χ0) is 8.69. The van der Waals surface area contributed by atoms with E-state index in [2.05, 4.69) is 0 Å². The molecule has 0 bridgehead atoms. The van der Waals surface area contributed by atoms with Crippen molar-refractivity contribution < 1.29 is 32.6 Å². The molecule has 1 rings (SSSR count). The van der Waals surface area contributed by atoms with Crippen molar-refractivity contribution in [1.29, 1.82) is 0 Å². The number of hydrogen-bond donors (Lipinski definition) is 3. The van der Waals surface area contributed by atoms with Crippen LogP contribution in [0, 0.1) is 0 Å². The van der Waals surface area contributed by atoms with Crippen LogP contribution in [0.15, 0.2) is 0 Å². The van der Waals surface area contributed by atoms with Gasteiger partial charge in [-0.1, -0.05) is 19.3 Å². The fraction of sp³-hybridized carbons (Fsp3) is 1.00. The second-order valence-electron chi connectivity index (χ2n) is 2.54. The number of aliphatic hydroxyl groups excluding tert-OH is 1. The molecule has 67 valence electrons. The van der Waals surface area contributed by atoms with Crippen LogP contribution in [0.2, 0.25) is 0 Å². The minimum absolute atomic E-state index is 0.0359. The molecule has 11 heavy (non-hydrogen) atoms. The molecule has 5 heteroatoms. The average molecular weight is 201 g/mol. The standard InChI is InChI=1S/C6H12O.2H2O.O.V/c7-6-4-2-1-3-5-6;;;;/h6-7H,1-5H2;2*1H2;;/q;;;;+2/p-2. The normalized spacial score (nSPS) is 18.5. The van der Waals surface area contributed by atoms with Crippen LogP contribution < -0.4 is 0 Å². The van der Waals surface area contributed by atoms with E-state index >= 15 is 0 Å². The third kappa shape index (κ3) is 10.3. The second kappa shape index (κ2) is 6.94. The van der Waals surface area contributed by atoms with Gasteiger partial charge in [0.15, 0.2) is 0 Å². The van der Waals surface area contributed by atoms with Crippen molar-refractivity contribution in [3.63, 3.8) is 0 Å². The Labute approximate surface area is 71.4 Å². The summed E-state index contributed by atoms with van der Waals surface area (Å²) < 4.78 is 23.2. The van der Waals surface area contributed by atoms with Crippen molar-refractivity contribution in [3.05, 3.63) is 0 Å². The first-order valence-corrected chi connectivity index (χ1v) is 5.48. The Morgan fingerprint density at radius 1 is 1.09 bits per heavy atom. The van der Waals surface area contributed by atoms with Crippen molar-refractivity contribution in [2.24, 2.45) is 0 Å². The van der Waals surface area contributed by atoms with Crippen molar-refractivity contribution in [2.45, 2.75) is 38.2 Å². The van der Waals surface area contributed by atoms with Crippen molar-refractivity contribution in [1.82, 2.24) is 0 Å². The van der Waals surface area contributed by atoms with E-state index in [9.17, 15) is 0 Å². The minimum atomic E-state index is -3.44. The summed E-state index contributed by atoms with van der Waals surface area (Å²) in [6, 6.07) is 0. The van der Waals surface area contributed by atoms with Crippen molar-refractivity contribution in [3.8, 4) is 0 Å². The zero-order valence-corrected chi connectivity index (χ0v) is 7.71. The van der Waals surface area contributed by atoms with Crippen LogP contribution in [-0.4, -0.2) is 19.3 Å². The summed E-state index contributed by atoms with van der Waals surface area (Å²) in [7, 11) is 0. The van der Waals surface area contributed by atoms with E-state index in [1.807, 2.05) is 0 Å². The molecule has 0 saturated heterocycles. The van der Waals surface area contributed by atoms with Gasteiger partial charge in [-0.05, 0) is 12.8 Å². The third-order valence-electron chi connectivity index (χ3n) is 1.57. The van der Waals surface area contributed by atoms with Gasteiger partial charge >= 0.3 is 27.5 Å². The average Bonchev–Trinajstić information content (AvgIpc) is 1.87. The SMILES string of the molecule is OC1CCCCC1.[O]=[V]([OH])[OH]. The van der Waals surface area contributed by atoms with Crippen LogP contribution >= 0.6 is 0 Å². The topological polar surface area (TPSA) is 77.8 Å². The van der Waals surface area contributed by atoms with E-state index in [4.69, 9.17) is 16.8 Å². The Hall–Kier alpha value is 0.264. The summed E-state index contributed by atoms with van der Waals surface area (Å²) in [5.41, 5.74) is 0. The Morgan fingerprint density at radius 2 is 1.45 bits per heavy atom. The van der Waals surface area contributed by atoms with Gasteiger partial charge in [-0.2, -0.15) is 0 Å². The molecule has 4 nitrogen and oxygen atoms in total. The molecule has 0 atom stereocenters. The predicted molar refractivity (Wildman–Crippen MR) is 34.2 cm³/mol. The van der Waals surface area contributed by atoms with Gasteiger partial charge in [0.2, 0.25) is 0 Å². The molecular weight excluding hydrogens is 187 g/mol. The molecule has 1 aliphatic rings. The summed E-state index contributed by atoms with van der Waals surface area (Å²) in [4.78, 5) is 0. The Morgan fingerprint density at radius 3 is 1.64 bits per heavy atom. The monoisotopic (exact) mass is 201 g/mol. The molecule has 0 aromatic carbocycles. The molecule has 0 aliphatic heterocycles. The quantitative estimate of drug-likeness (QED) is 0.518. The molecule has 0 aromatic rings. The predicted octanol–water partition coefficient (Wildman–Crippen LogP) is 0.0761. The zero-order valence-electron chi connectivity index (χ0n) is 6.31. The van der Waals surface area contributed by atoms with Gasteiger partial charge in [-0.15, -0.1) is 0 Å². The van der Waals surface area contributed by atoms with Crippen LogP contribution in [0.25, 0.3) is 0 Å². The van der Waals surface area contributed by atoms with Crippen LogP contribution in [0.1, 0.15) is 32.1 Å². The Kier molecular flexibility index (Phi) is 7.11. The molecule has 1 fully saturated rings. The molecular formula is C6H14O4V. The Bertz CT molecular complexity index is 107. The van der Waals surface area contributed by atoms with E-state index in [1.54, 1.807) is 0 Å². The maximum atomic E-state index is 8.91.